The van der Waals surface area contributed by atoms with Crippen molar-refractivity contribution in [1.82, 2.24) is 5.32 Å². The van der Waals surface area contributed by atoms with E-state index in [0.717, 1.165) is 11.3 Å². The van der Waals surface area contributed by atoms with Crippen molar-refractivity contribution in [1.29, 1.82) is 0 Å². The summed E-state index contributed by atoms with van der Waals surface area (Å²) in [6, 6.07) is 5.74. The fourth-order valence-electron chi connectivity index (χ4n) is 1.34. The largest absolute Gasteiger partial charge is 0.396 e. The number of hydrogen-bond acceptors (Lipinski definition) is 3. The lowest BCUT2D eigenvalue weighted by Gasteiger charge is -2.09. The Morgan fingerprint density at radius 1 is 1.41 bits per heavy atom. The normalized spacial score (nSPS) is 11.1. The average molecular weight is 257 g/mol. The summed E-state index contributed by atoms with van der Waals surface area (Å²) in [5.74, 6) is 0.577. The summed E-state index contributed by atoms with van der Waals surface area (Å²) in [6.07, 6.45) is 0.695. The Morgan fingerprint density at radius 2 is 2.18 bits per heavy atom. The third kappa shape index (κ3) is 5.52. The summed E-state index contributed by atoms with van der Waals surface area (Å²) in [6.45, 7) is 4.98. The fraction of sp³-hybridized carbons (Fsp3) is 0.538. The van der Waals surface area contributed by atoms with Crippen molar-refractivity contribution >= 4 is 11.8 Å². The Kier molecular flexibility index (Phi) is 6.55. The van der Waals surface area contributed by atoms with Crippen LogP contribution in [-0.2, 0) is 6.54 Å². The smallest absolute Gasteiger partial charge is 0.137 e. The molecule has 2 N–H and O–H groups in total. The molecule has 1 rings (SSSR count). The van der Waals surface area contributed by atoms with E-state index in [4.69, 9.17) is 5.11 Å². The van der Waals surface area contributed by atoms with Crippen LogP contribution < -0.4 is 5.32 Å². The minimum Gasteiger partial charge on any atom is -0.396 e. The summed E-state index contributed by atoms with van der Waals surface area (Å²) in [5, 5.41) is 11.9. The number of thioether (sulfide) groups is 1. The Hall–Kier alpha value is -0.580. The molecule has 0 aliphatic heterocycles. The number of rotatable bonds is 7. The highest BCUT2D eigenvalue weighted by Gasteiger charge is 2.04. The lowest BCUT2D eigenvalue weighted by molar-refractivity contribution is 0.296. The van der Waals surface area contributed by atoms with Gasteiger partial charge in [-0.1, -0.05) is 19.9 Å². The number of benzene rings is 1. The molecule has 2 nitrogen and oxygen atoms in total. The predicted molar refractivity (Wildman–Crippen MR) is 70.8 cm³/mol. The van der Waals surface area contributed by atoms with E-state index in [-0.39, 0.29) is 12.4 Å². The molecule has 4 heteroatoms. The Morgan fingerprint density at radius 3 is 2.76 bits per heavy atom. The number of hydrogen-bond donors (Lipinski definition) is 2. The van der Waals surface area contributed by atoms with Crippen LogP contribution in [0.5, 0.6) is 0 Å². The first-order valence-electron chi connectivity index (χ1n) is 5.89. The quantitative estimate of drug-likeness (QED) is 0.582. The summed E-state index contributed by atoms with van der Waals surface area (Å²) < 4.78 is 13.7. The molecule has 0 aliphatic carbocycles. The molecule has 1 aromatic carbocycles. The molecular weight excluding hydrogens is 237 g/mol. The minimum absolute atomic E-state index is 0.158. The summed E-state index contributed by atoms with van der Waals surface area (Å²) in [4.78, 5) is 0.659. The van der Waals surface area contributed by atoms with Crippen LogP contribution in [0, 0.1) is 5.82 Å². The van der Waals surface area contributed by atoms with Crippen LogP contribution in [-0.4, -0.2) is 23.5 Å². The van der Waals surface area contributed by atoms with Gasteiger partial charge in [-0.2, -0.15) is 0 Å². The molecule has 0 aliphatic rings. The molecule has 0 amide bonds. The van der Waals surface area contributed by atoms with Crippen LogP contribution in [0.1, 0.15) is 25.8 Å². The van der Waals surface area contributed by atoms with Gasteiger partial charge in [0.25, 0.3) is 0 Å². The molecule has 0 unspecified atom stereocenters. The van der Waals surface area contributed by atoms with Gasteiger partial charge in [0.2, 0.25) is 0 Å². The van der Waals surface area contributed by atoms with E-state index in [9.17, 15) is 4.39 Å². The number of nitrogens with one attached hydrogen (secondary N) is 1. The lowest BCUT2D eigenvalue weighted by atomic mass is 10.2. The van der Waals surface area contributed by atoms with Gasteiger partial charge in [-0.3, -0.25) is 0 Å². The maximum Gasteiger partial charge on any atom is 0.137 e. The van der Waals surface area contributed by atoms with E-state index in [0.29, 0.717) is 23.9 Å². The second-order valence-corrected chi connectivity index (χ2v) is 5.36. The van der Waals surface area contributed by atoms with Gasteiger partial charge >= 0.3 is 0 Å². The van der Waals surface area contributed by atoms with Gasteiger partial charge in [0.1, 0.15) is 5.82 Å². The van der Waals surface area contributed by atoms with Crippen LogP contribution in [0.15, 0.2) is 23.1 Å². The van der Waals surface area contributed by atoms with Gasteiger partial charge in [0, 0.05) is 29.8 Å². The summed E-state index contributed by atoms with van der Waals surface area (Å²) in [7, 11) is 0. The molecule has 0 aromatic heterocycles. The zero-order valence-corrected chi connectivity index (χ0v) is 11.2. The van der Waals surface area contributed by atoms with Crippen LogP contribution >= 0.6 is 11.8 Å². The average Bonchev–Trinajstić information content (AvgIpc) is 2.29. The van der Waals surface area contributed by atoms with E-state index in [1.807, 2.05) is 12.1 Å². The molecule has 1 aromatic rings. The zero-order chi connectivity index (χ0) is 12.7. The third-order valence-corrected chi connectivity index (χ3v) is 3.41. The van der Waals surface area contributed by atoms with Crippen molar-refractivity contribution in [3.8, 4) is 0 Å². The second-order valence-electron chi connectivity index (χ2n) is 4.23. The molecular formula is C13H20FNOS. The summed E-state index contributed by atoms with van der Waals surface area (Å²) >= 11 is 1.45. The molecule has 96 valence electrons. The van der Waals surface area contributed by atoms with Crippen molar-refractivity contribution in [2.45, 2.75) is 37.8 Å². The Bertz CT molecular complexity index is 344. The van der Waals surface area contributed by atoms with Crippen molar-refractivity contribution in [2.75, 3.05) is 12.4 Å². The Labute approximate surface area is 107 Å². The first kappa shape index (κ1) is 14.5. The highest BCUT2D eigenvalue weighted by Crippen LogP contribution is 2.23. The van der Waals surface area contributed by atoms with Gasteiger partial charge in [-0.15, -0.1) is 11.8 Å². The van der Waals surface area contributed by atoms with Crippen LogP contribution in [0.4, 0.5) is 4.39 Å². The first-order chi connectivity index (χ1) is 8.13. The Balaban J connectivity index is 2.53. The second kappa shape index (κ2) is 7.69. The number of halogens is 1. The van der Waals surface area contributed by atoms with E-state index in [2.05, 4.69) is 19.2 Å². The topological polar surface area (TPSA) is 32.3 Å². The molecule has 0 atom stereocenters. The maximum absolute atomic E-state index is 13.7. The van der Waals surface area contributed by atoms with Crippen molar-refractivity contribution in [3.63, 3.8) is 0 Å². The lowest BCUT2D eigenvalue weighted by Crippen LogP contribution is -2.21. The summed E-state index contributed by atoms with van der Waals surface area (Å²) in [5.41, 5.74) is 0.961. The van der Waals surface area contributed by atoms with E-state index < -0.39 is 0 Å². The highest BCUT2D eigenvalue weighted by atomic mass is 32.2. The molecule has 0 saturated heterocycles. The van der Waals surface area contributed by atoms with Crippen molar-refractivity contribution < 1.29 is 9.50 Å². The third-order valence-electron chi connectivity index (χ3n) is 2.27. The van der Waals surface area contributed by atoms with Crippen molar-refractivity contribution in [2.24, 2.45) is 0 Å². The van der Waals surface area contributed by atoms with E-state index in [1.54, 1.807) is 6.07 Å². The molecule has 0 heterocycles. The number of aliphatic hydroxyl groups excluding tert-OH is 1. The fourth-order valence-corrected chi connectivity index (χ4v) is 2.19. The van der Waals surface area contributed by atoms with Gasteiger partial charge in [0.15, 0.2) is 0 Å². The van der Waals surface area contributed by atoms with Gasteiger partial charge in [0.05, 0.1) is 0 Å². The van der Waals surface area contributed by atoms with Crippen LogP contribution in [0.3, 0.4) is 0 Å². The molecule has 0 radical (unpaired) electrons. The van der Waals surface area contributed by atoms with Gasteiger partial charge < -0.3 is 10.4 Å². The molecule has 0 saturated carbocycles. The zero-order valence-electron chi connectivity index (χ0n) is 10.4. The molecule has 0 fully saturated rings. The SMILES string of the molecule is CC(C)NCc1ccc(SCCCO)c(F)c1. The van der Waals surface area contributed by atoms with Crippen LogP contribution in [0.25, 0.3) is 0 Å². The van der Waals surface area contributed by atoms with Gasteiger partial charge in [-0.05, 0) is 24.1 Å². The molecule has 0 bridgehead atoms. The minimum atomic E-state index is -0.170. The van der Waals surface area contributed by atoms with E-state index in [1.165, 1.54) is 11.8 Å². The van der Waals surface area contributed by atoms with Crippen LogP contribution in [0.2, 0.25) is 0 Å². The molecule has 0 spiro atoms. The monoisotopic (exact) mass is 257 g/mol. The standard InChI is InChI=1S/C13H20FNOS/c1-10(2)15-9-11-4-5-13(12(14)8-11)17-7-3-6-16/h4-5,8,10,15-16H,3,6-7,9H2,1-2H3. The van der Waals surface area contributed by atoms with Crippen molar-refractivity contribution in [3.05, 3.63) is 29.6 Å². The van der Waals surface area contributed by atoms with Gasteiger partial charge in [-0.25, -0.2) is 4.39 Å². The maximum atomic E-state index is 13.7. The highest BCUT2D eigenvalue weighted by molar-refractivity contribution is 7.99. The predicted octanol–water partition coefficient (Wildman–Crippen LogP) is 2.80. The number of aliphatic hydroxyl groups is 1. The molecule has 17 heavy (non-hydrogen) atoms. The van der Waals surface area contributed by atoms with E-state index >= 15 is 0 Å². The first-order valence-corrected chi connectivity index (χ1v) is 6.87.